The Morgan fingerprint density at radius 3 is 1.61 bits per heavy atom. The molecule has 196 valence electrons. The van der Waals surface area contributed by atoms with Crippen LogP contribution in [0.5, 0.6) is 23.0 Å². The fourth-order valence-corrected chi connectivity index (χ4v) is 7.07. The van der Waals surface area contributed by atoms with Gasteiger partial charge in [-0.15, -0.1) is 6.58 Å². The molecule has 1 spiro atoms. The van der Waals surface area contributed by atoms with Gasteiger partial charge in [-0.2, -0.15) is 0 Å². The van der Waals surface area contributed by atoms with Crippen LogP contribution in [0.1, 0.15) is 80.8 Å². The zero-order valence-corrected chi connectivity index (χ0v) is 22.9. The van der Waals surface area contributed by atoms with Crippen molar-refractivity contribution in [2.24, 2.45) is 0 Å². The Bertz CT molecular complexity index is 1210. The molecule has 2 aliphatic carbocycles. The number of likely N-dealkylation sites (N-methyl/N-ethyl adjacent to an activating group) is 1. The summed E-state index contributed by atoms with van der Waals surface area (Å²) < 4.78 is 0. The summed E-state index contributed by atoms with van der Waals surface area (Å²) in [5, 5.41) is 44.0. The number of rotatable bonds is 7. The quantitative estimate of drug-likeness (QED) is 0.312. The van der Waals surface area contributed by atoms with Crippen LogP contribution < -0.4 is 0 Å². The largest absolute Gasteiger partial charge is 0.504 e. The molecule has 0 bridgehead atoms. The smallest absolute Gasteiger partial charge is 0.162 e. The van der Waals surface area contributed by atoms with Gasteiger partial charge in [0.15, 0.2) is 23.0 Å². The summed E-state index contributed by atoms with van der Waals surface area (Å²) >= 11 is 0. The van der Waals surface area contributed by atoms with Gasteiger partial charge in [0.1, 0.15) is 0 Å². The Labute approximate surface area is 215 Å². The molecule has 4 N–H and O–H groups in total. The second-order valence-corrected chi connectivity index (χ2v) is 12.3. The van der Waals surface area contributed by atoms with Crippen molar-refractivity contribution in [1.29, 1.82) is 0 Å². The molecule has 0 fully saturated rings. The van der Waals surface area contributed by atoms with Crippen LogP contribution in [-0.2, 0) is 29.3 Å². The minimum Gasteiger partial charge on any atom is -0.504 e. The van der Waals surface area contributed by atoms with E-state index in [0.29, 0.717) is 19.6 Å². The van der Waals surface area contributed by atoms with E-state index in [1.807, 2.05) is 20.2 Å². The highest BCUT2D eigenvalue weighted by molar-refractivity contribution is 5.70. The van der Waals surface area contributed by atoms with Crippen molar-refractivity contribution in [2.45, 2.75) is 76.8 Å². The Balaban J connectivity index is 2.11. The molecule has 0 heterocycles. The van der Waals surface area contributed by atoms with E-state index < -0.39 is 5.41 Å². The molecule has 6 nitrogen and oxygen atoms in total. The molecule has 2 aliphatic rings. The van der Waals surface area contributed by atoms with Crippen molar-refractivity contribution in [2.75, 3.05) is 27.2 Å². The second-order valence-electron chi connectivity index (χ2n) is 12.3. The normalized spacial score (nSPS) is 21.4. The first-order valence-corrected chi connectivity index (χ1v) is 12.9. The Kier molecular flexibility index (Phi) is 6.37. The van der Waals surface area contributed by atoms with E-state index in [-0.39, 0.29) is 33.8 Å². The fraction of sp³-hybridized carbons (Fsp3) is 0.533. The van der Waals surface area contributed by atoms with Crippen molar-refractivity contribution in [3.05, 3.63) is 58.2 Å². The first-order chi connectivity index (χ1) is 16.7. The number of hydrogen-bond acceptors (Lipinski definition) is 6. The van der Waals surface area contributed by atoms with Gasteiger partial charge in [0, 0.05) is 36.2 Å². The molecular weight excluding hydrogens is 452 g/mol. The van der Waals surface area contributed by atoms with E-state index >= 15 is 0 Å². The van der Waals surface area contributed by atoms with Crippen molar-refractivity contribution >= 4 is 0 Å². The highest BCUT2D eigenvalue weighted by Gasteiger charge is 2.59. The van der Waals surface area contributed by atoms with Crippen LogP contribution >= 0.6 is 0 Å². The summed E-state index contributed by atoms with van der Waals surface area (Å²) in [4.78, 5) is 4.20. The monoisotopic (exact) mass is 494 g/mol. The molecule has 0 saturated heterocycles. The molecule has 0 aromatic heterocycles. The van der Waals surface area contributed by atoms with Gasteiger partial charge in [-0.25, -0.2) is 0 Å². The summed E-state index contributed by atoms with van der Waals surface area (Å²) in [6.07, 6.45) is 3.38. The molecule has 6 heteroatoms. The highest BCUT2D eigenvalue weighted by Crippen LogP contribution is 2.66. The zero-order chi connectivity index (χ0) is 26.8. The van der Waals surface area contributed by atoms with Crippen molar-refractivity contribution < 1.29 is 20.4 Å². The Morgan fingerprint density at radius 2 is 1.22 bits per heavy atom. The fourth-order valence-electron chi connectivity index (χ4n) is 7.07. The van der Waals surface area contributed by atoms with E-state index in [1.54, 1.807) is 12.1 Å². The van der Waals surface area contributed by atoms with Gasteiger partial charge in [0.2, 0.25) is 0 Å². The summed E-state index contributed by atoms with van der Waals surface area (Å²) in [5.41, 5.74) is 4.64. The van der Waals surface area contributed by atoms with Crippen LogP contribution in [-0.4, -0.2) is 57.4 Å². The number of fused-ring (bicyclic) bond motifs is 4. The summed E-state index contributed by atoms with van der Waals surface area (Å²) in [6, 6.07) is 3.48. The molecule has 0 radical (unpaired) electrons. The predicted molar refractivity (Wildman–Crippen MR) is 144 cm³/mol. The molecule has 0 amide bonds. The van der Waals surface area contributed by atoms with Crippen molar-refractivity contribution in [3.63, 3.8) is 0 Å². The minimum absolute atomic E-state index is 0.0642. The van der Waals surface area contributed by atoms with Crippen LogP contribution in [0.15, 0.2) is 24.8 Å². The van der Waals surface area contributed by atoms with Gasteiger partial charge < -0.3 is 25.3 Å². The average Bonchev–Trinajstić information content (AvgIpc) is 3.13. The maximum atomic E-state index is 11.2. The minimum atomic E-state index is -0.484. The van der Waals surface area contributed by atoms with Crippen LogP contribution in [0.25, 0.3) is 0 Å². The molecular formula is C30H42N2O4. The Morgan fingerprint density at radius 1 is 0.806 bits per heavy atom. The third-order valence-corrected chi connectivity index (χ3v) is 8.50. The molecule has 1 atom stereocenters. The third kappa shape index (κ3) is 3.86. The number of hydrogen-bond donors (Lipinski definition) is 4. The molecule has 36 heavy (non-hydrogen) atoms. The number of benzene rings is 2. The summed E-state index contributed by atoms with van der Waals surface area (Å²) in [6.45, 7) is 17.1. The van der Waals surface area contributed by atoms with E-state index in [1.165, 1.54) is 0 Å². The molecule has 2 aromatic rings. The lowest BCUT2D eigenvalue weighted by Crippen LogP contribution is -2.30. The molecule has 0 saturated carbocycles. The van der Waals surface area contributed by atoms with Gasteiger partial charge in [-0.3, -0.25) is 4.90 Å². The average molecular weight is 495 g/mol. The molecule has 2 aromatic carbocycles. The molecule has 1 unspecified atom stereocenters. The molecule has 0 aliphatic heterocycles. The van der Waals surface area contributed by atoms with E-state index in [9.17, 15) is 20.4 Å². The van der Waals surface area contributed by atoms with E-state index in [2.05, 4.69) is 51.0 Å². The summed E-state index contributed by atoms with van der Waals surface area (Å²) in [5.74, 6) is -0.331. The highest BCUT2D eigenvalue weighted by atomic mass is 16.3. The van der Waals surface area contributed by atoms with Crippen LogP contribution in [0.2, 0.25) is 0 Å². The SMILES string of the molecule is C=CCN(C)Cc1c(O)c(O)cc2c1C1(CC(C)(C)c3cc(O)c(O)c(CN(C)CC)c31)CC2(C)C. The predicted octanol–water partition coefficient (Wildman–Crippen LogP) is 5.23. The van der Waals surface area contributed by atoms with Gasteiger partial charge in [-0.1, -0.05) is 40.7 Å². The van der Waals surface area contributed by atoms with Crippen LogP contribution in [0.3, 0.4) is 0 Å². The first kappa shape index (κ1) is 26.4. The van der Waals surface area contributed by atoms with Gasteiger partial charge in [0.25, 0.3) is 0 Å². The van der Waals surface area contributed by atoms with Crippen LogP contribution in [0, 0.1) is 0 Å². The van der Waals surface area contributed by atoms with E-state index in [4.69, 9.17) is 0 Å². The number of phenolic OH excluding ortho intramolecular Hbond substituents is 4. The van der Waals surface area contributed by atoms with Gasteiger partial charge in [-0.05, 0) is 78.7 Å². The number of phenols is 4. The van der Waals surface area contributed by atoms with Gasteiger partial charge in [0.05, 0.1) is 0 Å². The second kappa shape index (κ2) is 8.70. The first-order valence-electron chi connectivity index (χ1n) is 12.9. The summed E-state index contributed by atoms with van der Waals surface area (Å²) in [7, 11) is 3.98. The topological polar surface area (TPSA) is 87.4 Å². The standard InChI is InChI=1S/C30H42N2O4/c1-9-11-32(8)15-19-25-21(13-23(34)27(19)36)29(5,6)17-30(25)16-28(3,4)20-12-22(33)26(35)18(24(20)30)14-31(7)10-2/h9,12-13,33-36H,1,10-11,14-17H2,2-8H3. The third-order valence-electron chi connectivity index (χ3n) is 8.50. The van der Waals surface area contributed by atoms with Gasteiger partial charge >= 0.3 is 0 Å². The van der Waals surface area contributed by atoms with Crippen LogP contribution in [0.4, 0.5) is 0 Å². The van der Waals surface area contributed by atoms with E-state index in [0.717, 1.165) is 52.8 Å². The molecule has 4 rings (SSSR count). The van der Waals surface area contributed by atoms with Crippen molar-refractivity contribution in [3.8, 4) is 23.0 Å². The lowest BCUT2D eigenvalue weighted by Gasteiger charge is -2.34. The Hall–Kier alpha value is -2.70. The lowest BCUT2D eigenvalue weighted by molar-refractivity contribution is 0.317. The van der Waals surface area contributed by atoms with Crippen molar-refractivity contribution in [1.82, 2.24) is 9.80 Å². The number of aromatic hydroxyl groups is 4. The maximum Gasteiger partial charge on any atom is 0.162 e. The maximum absolute atomic E-state index is 11.2. The number of nitrogens with zero attached hydrogens (tertiary/aromatic N) is 2. The zero-order valence-electron chi connectivity index (χ0n) is 22.9. The lowest BCUT2D eigenvalue weighted by atomic mass is 9.70.